The number of ether oxygens (including phenoxy) is 3. The van der Waals surface area contributed by atoms with Crippen molar-refractivity contribution in [3.8, 4) is 0 Å². The van der Waals surface area contributed by atoms with Gasteiger partial charge in [0.25, 0.3) is 0 Å². The number of hydrogen-bond donors (Lipinski definition) is 0. The Morgan fingerprint density at radius 2 is 1.39 bits per heavy atom. The summed E-state index contributed by atoms with van der Waals surface area (Å²) in [7, 11) is 1.52. The predicted molar refractivity (Wildman–Crippen MR) is 121 cm³/mol. The molecule has 1 aliphatic rings. The molecule has 0 heterocycles. The minimum atomic E-state index is -0.435. The van der Waals surface area contributed by atoms with Crippen molar-refractivity contribution in [2.75, 3.05) is 13.7 Å². The van der Waals surface area contributed by atoms with E-state index in [0.29, 0.717) is 34.4 Å². The maximum atomic E-state index is 12.8. The standard InChI is InChI=1S/C27H24O6/c1-31-20(17-32-15-18-7-3-2-4-8-18)14-25(28)33-16-19-11-12-23-24(13-19)27(30)22-10-6-5-9-21(22)26(23)29/h2-13,20H,14-17H2,1H3. The Balaban J connectivity index is 1.32. The molecule has 0 aromatic heterocycles. The van der Waals surface area contributed by atoms with Gasteiger partial charge in [-0.25, -0.2) is 0 Å². The van der Waals surface area contributed by atoms with E-state index in [-0.39, 0.29) is 31.2 Å². The average Bonchev–Trinajstić information content (AvgIpc) is 2.86. The molecule has 0 N–H and O–H groups in total. The van der Waals surface area contributed by atoms with E-state index in [1.165, 1.54) is 7.11 Å². The van der Waals surface area contributed by atoms with E-state index in [2.05, 4.69) is 0 Å². The van der Waals surface area contributed by atoms with Crippen LogP contribution in [-0.4, -0.2) is 37.4 Å². The fourth-order valence-electron chi connectivity index (χ4n) is 3.74. The van der Waals surface area contributed by atoms with E-state index >= 15 is 0 Å². The van der Waals surface area contributed by atoms with Crippen LogP contribution in [-0.2, 0) is 32.2 Å². The van der Waals surface area contributed by atoms with Crippen molar-refractivity contribution in [2.24, 2.45) is 0 Å². The average molecular weight is 444 g/mol. The fourth-order valence-corrected chi connectivity index (χ4v) is 3.74. The third-order valence-electron chi connectivity index (χ3n) is 5.53. The Kier molecular flexibility index (Phi) is 7.07. The van der Waals surface area contributed by atoms with Crippen LogP contribution in [0.15, 0.2) is 72.8 Å². The number of methoxy groups -OCH3 is 1. The smallest absolute Gasteiger partial charge is 0.308 e. The monoisotopic (exact) mass is 444 g/mol. The SMILES string of the molecule is COC(COCc1ccccc1)CC(=O)OCc1ccc2c(c1)C(=O)c1ccccc1C2=O. The Labute approximate surface area is 192 Å². The Bertz CT molecular complexity index is 1170. The van der Waals surface area contributed by atoms with Gasteiger partial charge in [0.1, 0.15) is 6.61 Å². The third kappa shape index (κ3) is 5.25. The van der Waals surface area contributed by atoms with Gasteiger partial charge in [0.05, 0.1) is 25.7 Å². The van der Waals surface area contributed by atoms with Crippen LogP contribution in [0.5, 0.6) is 0 Å². The molecule has 0 saturated carbocycles. The second kappa shape index (κ2) is 10.3. The van der Waals surface area contributed by atoms with Gasteiger partial charge in [-0.2, -0.15) is 0 Å². The van der Waals surface area contributed by atoms with E-state index in [9.17, 15) is 14.4 Å². The summed E-state index contributed by atoms with van der Waals surface area (Å²) in [5, 5.41) is 0. The molecule has 0 saturated heterocycles. The second-order valence-electron chi connectivity index (χ2n) is 7.81. The van der Waals surface area contributed by atoms with Gasteiger partial charge in [0.2, 0.25) is 0 Å². The largest absolute Gasteiger partial charge is 0.461 e. The van der Waals surface area contributed by atoms with Crippen LogP contribution in [0, 0.1) is 0 Å². The Hall–Kier alpha value is -3.61. The van der Waals surface area contributed by atoms with Crippen molar-refractivity contribution in [3.05, 3.63) is 106 Å². The summed E-state index contributed by atoms with van der Waals surface area (Å²) >= 11 is 0. The van der Waals surface area contributed by atoms with Gasteiger partial charge in [-0.05, 0) is 23.3 Å². The van der Waals surface area contributed by atoms with Crippen LogP contribution in [0.2, 0.25) is 0 Å². The molecule has 0 radical (unpaired) electrons. The molecule has 0 spiro atoms. The maximum absolute atomic E-state index is 12.8. The number of hydrogen-bond acceptors (Lipinski definition) is 6. The highest BCUT2D eigenvalue weighted by Crippen LogP contribution is 2.28. The van der Waals surface area contributed by atoms with Gasteiger partial charge in [-0.1, -0.05) is 60.7 Å². The first-order valence-electron chi connectivity index (χ1n) is 10.7. The molecule has 0 aliphatic heterocycles. The summed E-state index contributed by atoms with van der Waals surface area (Å²) in [6, 6.07) is 21.4. The number of rotatable bonds is 9. The Morgan fingerprint density at radius 3 is 2.09 bits per heavy atom. The van der Waals surface area contributed by atoms with Crippen molar-refractivity contribution in [2.45, 2.75) is 25.7 Å². The minimum absolute atomic E-state index is 0.00344. The predicted octanol–water partition coefficient (Wildman–Crippen LogP) is 4.13. The highest BCUT2D eigenvalue weighted by molar-refractivity contribution is 6.28. The van der Waals surface area contributed by atoms with E-state index < -0.39 is 12.1 Å². The van der Waals surface area contributed by atoms with Crippen LogP contribution >= 0.6 is 0 Å². The van der Waals surface area contributed by atoms with E-state index in [0.717, 1.165) is 5.56 Å². The number of benzene rings is 3. The van der Waals surface area contributed by atoms with Gasteiger partial charge in [0, 0.05) is 29.4 Å². The molecule has 1 unspecified atom stereocenters. The quantitative estimate of drug-likeness (QED) is 0.361. The first-order chi connectivity index (χ1) is 16.1. The number of carbonyl (C=O) groups is 3. The van der Waals surface area contributed by atoms with Crippen LogP contribution in [0.4, 0.5) is 0 Å². The minimum Gasteiger partial charge on any atom is -0.461 e. The van der Waals surface area contributed by atoms with Gasteiger partial charge < -0.3 is 14.2 Å². The number of fused-ring (bicyclic) bond motifs is 2. The van der Waals surface area contributed by atoms with Gasteiger partial charge in [-0.3, -0.25) is 14.4 Å². The zero-order chi connectivity index (χ0) is 23.2. The summed E-state index contributed by atoms with van der Waals surface area (Å²) in [5.74, 6) is -0.818. The molecule has 3 aromatic carbocycles. The molecule has 3 aromatic rings. The van der Waals surface area contributed by atoms with Gasteiger partial charge in [0.15, 0.2) is 11.6 Å². The summed E-state index contributed by atoms with van der Waals surface area (Å²) in [4.78, 5) is 37.8. The van der Waals surface area contributed by atoms with Crippen molar-refractivity contribution < 1.29 is 28.6 Å². The molecule has 6 heteroatoms. The first kappa shape index (κ1) is 22.6. The zero-order valence-electron chi connectivity index (χ0n) is 18.3. The highest BCUT2D eigenvalue weighted by Gasteiger charge is 2.29. The molecule has 0 bridgehead atoms. The molecule has 1 aliphatic carbocycles. The van der Waals surface area contributed by atoms with Crippen molar-refractivity contribution >= 4 is 17.5 Å². The van der Waals surface area contributed by atoms with Crippen LogP contribution in [0.25, 0.3) is 0 Å². The van der Waals surface area contributed by atoms with Crippen LogP contribution in [0.1, 0.15) is 49.4 Å². The lowest BCUT2D eigenvalue weighted by atomic mass is 9.83. The Morgan fingerprint density at radius 1 is 0.758 bits per heavy atom. The first-order valence-corrected chi connectivity index (χ1v) is 10.7. The molecule has 6 nitrogen and oxygen atoms in total. The summed E-state index contributed by atoms with van der Waals surface area (Å²) in [6.07, 6.45) is -0.387. The maximum Gasteiger partial charge on any atom is 0.308 e. The molecule has 4 rings (SSSR count). The van der Waals surface area contributed by atoms with Crippen molar-refractivity contribution in [1.82, 2.24) is 0 Å². The lowest BCUT2D eigenvalue weighted by molar-refractivity contribution is -0.149. The van der Waals surface area contributed by atoms with Crippen LogP contribution in [0.3, 0.4) is 0 Å². The summed E-state index contributed by atoms with van der Waals surface area (Å²) < 4.78 is 16.4. The number of esters is 1. The zero-order valence-corrected chi connectivity index (χ0v) is 18.3. The fraction of sp³-hybridized carbons (Fsp3) is 0.222. The summed E-state index contributed by atoms with van der Waals surface area (Å²) in [5.41, 5.74) is 3.17. The lowest BCUT2D eigenvalue weighted by Gasteiger charge is -2.18. The molecular formula is C27H24O6. The van der Waals surface area contributed by atoms with Gasteiger partial charge in [-0.15, -0.1) is 0 Å². The second-order valence-corrected chi connectivity index (χ2v) is 7.81. The third-order valence-corrected chi connectivity index (χ3v) is 5.53. The highest BCUT2D eigenvalue weighted by atomic mass is 16.5. The molecule has 0 fully saturated rings. The number of carbonyl (C=O) groups excluding carboxylic acids is 3. The molecule has 0 amide bonds. The van der Waals surface area contributed by atoms with Gasteiger partial charge >= 0.3 is 5.97 Å². The lowest BCUT2D eigenvalue weighted by Crippen LogP contribution is -2.23. The van der Waals surface area contributed by atoms with Crippen molar-refractivity contribution in [3.63, 3.8) is 0 Å². The molecule has 1 atom stereocenters. The van der Waals surface area contributed by atoms with E-state index in [1.54, 1.807) is 42.5 Å². The topological polar surface area (TPSA) is 78.9 Å². The summed E-state index contributed by atoms with van der Waals surface area (Å²) in [6.45, 7) is 0.687. The van der Waals surface area contributed by atoms with Crippen molar-refractivity contribution in [1.29, 1.82) is 0 Å². The van der Waals surface area contributed by atoms with E-state index in [1.807, 2.05) is 30.3 Å². The molecule has 33 heavy (non-hydrogen) atoms. The molecule has 168 valence electrons. The van der Waals surface area contributed by atoms with Crippen LogP contribution < -0.4 is 0 Å². The normalized spacial score (nSPS) is 13.2. The molecular weight excluding hydrogens is 420 g/mol. The van der Waals surface area contributed by atoms with E-state index in [4.69, 9.17) is 14.2 Å². The number of ketones is 2.